The van der Waals surface area contributed by atoms with Gasteiger partial charge in [-0.25, -0.2) is 0 Å². The second-order valence-corrected chi connectivity index (χ2v) is 3.31. The Morgan fingerprint density at radius 1 is 1.69 bits per heavy atom. The first-order chi connectivity index (χ1) is 7.65. The Hall–Kier alpha value is -1.93. The van der Waals surface area contributed by atoms with Crippen LogP contribution < -0.4 is 0 Å². The molecule has 0 aliphatic rings. The fourth-order valence-electron chi connectivity index (χ4n) is 1.33. The van der Waals surface area contributed by atoms with Crippen LogP contribution in [-0.2, 0) is 4.79 Å². The summed E-state index contributed by atoms with van der Waals surface area (Å²) >= 11 is 0. The fourth-order valence-corrected chi connectivity index (χ4v) is 1.33. The van der Waals surface area contributed by atoms with Crippen molar-refractivity contribution in [2.24, 2.45) is 0 Å². The van der Waals surface area contributed by atoms with Gasteiger partial charge < -0.3 is 5.11 Å². The molecule has 1 heterocycles. The highest BCUT2D eigenvalue weighted by Gasteiger charge is 2.18. The van der Waals surface area contributed by atoms with Gasteiger partial charge in [-0.2, -0.15) is 0 Å². The van der Waals surface area contributed by atoms with Crippen LogP contribution in [0.1, 0.15) is 18.7 Å². The number of nitrogens with zero attached hydrogens (tertiary/aromatic N) is 3. The third-order valence-electron chi connectivity index (χ3n) is 2.19. The van der Waals surface area contributed by atoms with Gasteiger partial charge in [0, 0.05) is 18.6 Å². The summed E-state index contributed by atoms with van der Waals surface area (Å²) in [6.45, 7) is 2.01. The van der Waals surface area contributed by atoms with Crippen LogP contribution >= 0.6 is 0 Å². The van der Waals surface area contributed by atoms with E-state index in [1.165, 1.54) is 0 Å². The summed E-state index contributed by atoms with van der Waals surface area (Å²) in [5.41, 5.74) is 0.707. The number of carboxylic acids is 1. The molecule has 1 aromatic rings. The van der Waals surface area contributed by atoms with Crippen LogP contribution in [0.15, 0.2) is 18.6 Å². The minimum atomic E-state index is -0.911. The Balaban J connectivity index is 2.79. The van der Waals surface area contributed by atoms with E-state index >= 15 is 0 Å². The van der Waals surface area contributed by atoms with Crippen molar-refractivity contribution >= 4 is 5.97 Å². The summed E-state index contributed by atoms with van der Waals surface area (Å²) < 4.78 is 0. The van der Waals surface area contributed by atoms with Crippen molar-refractivity contribution in [3.05, 3.63) is 24.3 Å². The normalized spacial score (nSPS) is 12.1. The number of rotatable bonds is 5. The average Bonchev–Trinajstić information content (AvgIpc) is 2.28. The molecule has 0 bridgehead atoms. The molecule has 0 saturated carbocycles. The molecule has 0 saturated heterocycles. The van der Waals surface area contributed by atoms with Crippen LogP contribution in [0, 0.1) is 12.3 Å². The van der Waals surface area contributed by atoms with Crippen molar-refractivity contribution in [2.75, 3.05) is 13.1 Å². The molecule has 0 amide bonds. The number of carboxylic acid groups (broad SMARTS) is 1. The lowest BCUT2D eigenvalue weighted by molar-refractivity contribution is -0.138. The predicted molar refractivity (Wildman–Crippen MR) is 58.5 cm³/mol. The molecule has 16 heavy (non-hydrogen) atoms. The maximum absolute atomic E-state index is 10.7. The summed E-state index contributed by atoms with van der Waals surface area (Å²) in [5.74, 6) is 1.53. The third kappa shape index (κ3) is 3.33. The first-order valence-corrected chi connectivity index (χ1v) is 4.80. The number of aromatic nitrogens is 2. The lowest BCUT2D eigenvalue weighted by atomic mass is 10.2. The van der Waals surface area contributed by atoms with Crippen LogP contribution in [-0.4, -0.2) is 39.0 Å². The maximum atomic E-state index is 10.7. The van der Waals surface area contributed by atoms with Crippen molar-refractivity contribution in [1.29, 1.82) is 0 Å². The van der Waals surface area contributed by atoms with E-state index in [2.05, 4.69) is 15.9 Å². The lowest BCUT2D eigenvalue weighted by Gasteiger charge is -2.24. The SMILES string of the molecule is C#CCN(CC(=O)O)C(C)c1cnccn1. The topological polar surface area (TPSA) is 66.3 Å². The van der Waals surface area contributed by atoms with Gasteiger partial charge in [0.2, 0.25) is 0 Å². The first kappa shape index (κ1) is 12.1. The molecular formula is C11H13N3O2. The molecule has 1 aromatic heterocycles. The second-order valence-electron chi connectivity index (χ2n) is 3.31. The summed E-state index contributed by atoms with van der Waals surface area (Å²) in [7, 11) is 0. The molecular weight excluding hydrogens is 206 g/mol. The zero-order chi connectivity index (χ0) is 12.0. The van der Waals surface area contributed by atoms with E-state index in [1.807, 2.05) is 6.92 Å². The Morgan fingerprint density at radius 2 is 2.44 bits per heavy atom. The summed E-state index contributed by atoms with van der Waals surface area (Å²) in [5, 5.41) is 8.76. The molecule has 1 rings (SSSR count). The molecule has 84 valence electrons. The van der Waals surface area contributed by atoms with Crippen LogP contribution in [0.5, 0.6) is 0 Å². The predicted octanol–water partition coefficient (Wildman–Crippen LogP) is 0.557. The van der Waals surface area contributed by atoms with E-state index in [4.69, 9.17) is 11.5 Å². The molecule has 1 atom stereocenters. The van der Waals surface area contributed by atoms with Gasteiger partial charge in [0.05, 0.1) is 24.8 Å². The van der Waals surface area contributed by atoms with Gasteiger partial charge in [0.1, 0.15) is 0 Å². The molecule has 5 heteroatoms. The third-order valence-corrected chi connectivity index (χ3v) is 2.19. The molecule has 1 N–H and O–H groups in total. The number of aliphatic carboxylic acids is 1. The Kier molecular flexibility index (Phi) is 4.42. The molecule has 0 radical (unpaired) electrons. The molecule has 0 aliphatic heterocycles. The van der Waals surface area contributed by atoms with Gasteiger partial charge in [-0.15, -0.1) is 6.42 Å². The quantitative estimate of drug-likeness (QED) is 0.733. The second kappa shape index (κ2) is 5.83. The molecule has 0 aromatic carbocycles. The van der Waals surface area contributed by atoms with E-state index in [0.717, 1.165) is 0 Å². The maximum Gasteiger partial charge on any atom is 0.317 e. The molecule has 1 unspecified atom stereocenters. The van der Waals surface area contributed by atoms with Gasteiger partial charge in [0.15, 0.2) is 0 Å². The monoisotopic (exact) mass is 219 g/mol. The van der Waals surface area contributed by atoms with Crippen LogP contribution in [0.2, 0.25) is 0 Å². The van der Waals surface area contributed by atoms with E-state index in [0.29, 0.717) is 5.69 Å². The highest BCUT2D eigenvalue weighted by atomic mass is 16.4. The molecule has 5 nitrogen and oxygen atoms in total. The smallest absolute Gasteiger partial charge is 0.317 e. The number of terminal acetylenes is 1. The van der Waals surface area contributed by atoms with Gasteiger partial charge in [-0.1, -0.05) is 5.92 Å². The molecule has 0 fully saturated rings. The van der Waals surface area contributed by atoms with Crippen molar-refractivity contribution in [1.82, 2.24) is 14.9 Å². The van der Waals surface area contributed by atoms with Gasteiger partial charge in [-0.05, 0) is 6.92 Å². The van der Waals surface area contributed by atoms with E-state index in [-0.39, 0.29) is 19.1 Å². The number of carbonyl (C=O) groups is 1. The van der Waals surface area contributed by atoms with E-state index in [1.54, 1.807) is 23.5 Å². The zero-order valence-corrected chi connectivity index (χ0v) is 9.00. The van der Waals surface area contributed by atoms with Crippen molar-refractivity contribution in [3.63, 3.8) is 0 Å². The van der Waals surface area contributed by atoms with Gasteiger partial charge in [0.25, 0.3) is 0 Å². The van der Waals surface area contributed by atoms with E-state index in [9.17, 15) is 4.79 Å². The average molecular weight is 219 g/mol. The van der Waals surface area contributed by atoms with E-state index < -0.39 is 5.97 Å². The minimum Gasteiger partial charge on any atom is -0.480 e. The summed E-state index contributed by atoms with van der Waals surface area (Å²) in [6.07, 6.45) is 9.95. The fraction of sp³-hybridized carbons (Fsp3) is 0.364. The molecule has 0 spiro atoms. The van der Waals surface area contributed by atoms with Gasteiger partial charge in [-0.3, -0.25) is 19.7 Å². The summed E-state index contributed by atoms with van der Waals surface area (Å²) in [4.78, 5) is 20.4. The van der Waals surface area contributed by atoms with Gasteiger partial charge >= 0.3 is 5.97 Å². The highest BCUT2D eigenvalue weighted by molar-refractivity contribution is 5.69. The number of hydrogen-bond donors (Lipinski definition) is 1. The standard InChI is InChI=1S/C11H13N3O2/c1-3-6-14(8-11(15)16)9(2)10-7-12-4-5-13-10/h1,4-5,7,9H,6,8H2,2H3,(H,15,16). The van der Waals surface area contributed by atoms with Crippen LogP contribution in [0.3, 0.4) is 0 Å². The van der Waals surface area contributed by atoms with Crippen molar-refractivity contribution in [3.8, 4) is 12.3 Å². The number of hydrogen-bond acceptors (Lipinski definition) is 4. The zero-order valence-electron chi connectivity index (χ0n) is 9.00. The highest BCUT2D eigenvalue weighted by Crippen LogP contribution is 2.15. The van der Waals surface area contributed by atoms with Crippen molar-refractivity contribution < 1.29 is 9.90 Å². The Labute approximate surface area is 94.1 Å². The Bertz CT molecular complexity index is 386. The van der Waals surface area contributed by atoms with Crippen LogP contribution in [0.25, 0.3) is 0 Å². The minimum absolute atomic E-state index is 0.109. The van der Waals surface area contributed by atoms with Crippen LogP contribution in [0.4, 0.5) is 0 Å². The summed E-state index contributed by atoms with van der Waals surface area (Å²) in [6, 6.07) is -0.166. The first-order valence-electron chi connectivity index (χ1n) is 4.80. The molecule has 0 aliphatic carbocycles. The van der Waals surface area contributed by atoms with Crippen molar-refractivity contribution in [2.45, 2.75) is 13.0 Å². The lowest BCUT2D eigenvalue weighted by Crippen LogP contribution is -2.33. The largest absolute Gasteiger partial charge is 0.480 e. The Morgan fingerprint density at radius 3 is 2.94 bits per heavy atom.